The van der Waals surface area contributed by atoms with Crippen molar-refractivity contribution < 1.29 is 39.6 Å². The standard InChI is InChI=1S/C32H43N5O8.2ClH/c1-14(2)13-37-9-7-8-19(37)31(44)34-18-12-20(35(3)4)16-10-15-11-17-24(36(5)6)27(40)23(30(33)43)29(42)32(17,45)28(41)21(15)26(39)22(16)25(18)38;;/h12,14-15,17,19,24,38,40-41,45H,7-11,13H2,1-6H3,(H2,33,43)(H,34,44);2*1H/t15-,17-,19-,24-,32-;;/m0../s1. The molecule has 260 valence electrons. The lowest BCUT2D eigenvalue weighted by Crippen LogP contribution is -2.63. The minimum atomic E-state index is -2.72. The number of allylic oxidation sites excluding steroid dienone is 1. The number of hydrogen-bond donors (Lipinski definition) is 6. The second-order valence-corrected chi connectivity index (χ2v) is 13.5. The van der Waals surface area contributed by atoms with E-state index in [1.807, 2.05) is 0 Å². The van der Waals surface area contributed by atoms with Gasteiger partial charge in [0.25, 0.3) is 5.91 Å². The molecule has 1 aromatic rings. The minimum absolute atomic E-state index is 0. The normalized spacial score (nSPS) is 27.2. The van der Waals surface area contributed by atoms with Crippen LogP contribution >= 0.6 is 24.8 Å². The summed E-state index contributed by atoms with van der Waals surface area (Å²) in [5, 5.41) is 48.7. The topological polar surface area (TPSA) is 197 Å². The number of benzene rings is 1. The number of fused-ring (bicyclic) bond motifs is 3. The number of carbonyl (C=O) groups excluding carboxylic acids is 4. The number of likely N-dealkylation sites (tertiary alicyclic amines) is 1. The van der Waals surface area contributed by atoms with Gasteiger partial charge in [0.05, 0.1) is 23.3 Å². The van der Waals surface area contributed by atoms with Gasteiger partial charge in [-0.2, -0.15) is 0 Å². The monoisotopic (exact) mass is 697 g/mol. The van der Waals surface area contributed by atoms with E-state index in [9.17, 15) is 39.6 Å². The Balaban J connectivity index is 0.00000300. The van der Waals surface area contributed by atoms with E-state index in [1.54, 1.807) is 39.2 Å². The highest BCUT2D eigenvalue weighted by Crippen LogP contribution is 2.54. The molecule has 47 heavy (non-hydrogen) atoms. The number of ketones is 2. The number of phenols is 1. The van der Waals surface area contributed by atoms with Crippen molar-refractivity contribution >= 4 is 59.6 Å². The number of anilines is 2. The number of halogens is 2. The molecule has 1 saturated heterocycles. The summed E-state index contributed by atoms with van der Waals surface area (Å²) in [5.41, 5.74) is 2.51. The number of aliphatic hydroxyl groups excluding tert-OH is 2. The minimum Gasteiger partial charge on any atom is -0.510 e. The Morgan fingerprint density at radius 2 is 1.77 bits per heavy atom. The van der Waals surface area contributed by atoms with Crippen LogP contribution in [-0.2, 0) is 20.8 Å². The van der Waals surface area contributed by atoms with Gasteiger partial charge in [-0.3, -0.25) is 29.0 Å². The number of nitrogens with one attached hydrogen (secondary N) is 1. The first kappa shape index (κ1) is 38.1. The number of rotatable bonds is 7. The molecule has 2 amide bonds. The Hall–Kier alpha value is -3.36. The maximum atomic E-state index is 14.2. The number of nitrogens with zero attached hydrogens (tertiary/aromatic N) is 3. The van der Waals surface area contributed by atoms with E-state index < -0.39 is 69.8 Å². The van der Waals surface area contributed by atoms with Crippen LogP contribution in [0.2, 0.25) is 0 Å². The summed E-state index contributed by atoms with van der Waals surface area (Å²) in [6, 6.07) is 0.156. The van der Waals surface area contributed by atoms with Crippen molar-refractivity contribution in [1.29, 1.82) is 0 Å². The van der Waals surface area contributed by atoms with Gasteiger partial charge in [0.2, 0.25) is 11.7 Å². The molecule has 1 fully saturated rings. The highest BCUT2D eigenvalue weighted by atomic mass is 35.5. The molecular weight excluding hydrogens is 653 g/mol. The number of Topliss-reactive ketones (excluding diaryl/α,β-unsaturated/α-hetero) is 2. The highest BCUT2D eigenvalue weighted by Gasteiger charge is 2.63. The van der Waals surface area contributed by atoms with Crippen molar-refractivity contribution in [2.75, 3.05) is 51.5 Å². The first-order valence-corrected chi connectivity index (χ1v) is 15.3. The number of nitrogens with two attached hydrogens (primary N) is 1. The lowest BCUT2D eigenvalue weighted by molar-refractivity contribution is -0.148. The molecule has 1 aromatic carbocycles. The molecule has 0 radical (unpaired) electrons. The van der Waals surface area contributed by atoms with Gasteiger partial charge in [-0.05, 0) is 69.8 Å². The number of hydrogen-bond acceptors (Lipinski definition) is 11. The fourth-order valence-corrected chi connectivity index (χ4v) is 7.82. The van der Waals surface area contributed by atoms with Gasteiger partial charge < -0.3 is 36.4 Å². The summed E-state index contributed by atoms with van der Waals surface area (Å²) in [6.07, 6.45) is 1.66. The van der Waals surface area contributed by atoms with Crippen LogP contribution in [0.3, 0.4) is 0 Å². The van der Waals surface area contributed by atoms with Crippen LogP contribution in [0.4, 0.5) is 11.4 Å². The molecule has 5 rings (SSSR count). The van der Waals surface area contributed by atoms with Crippen LogP contribution in [0.15, 0.2) is 28.7 Å². The summed E-state index contributed by atoms with van der Waals surface area (Å²) in [6.45, 7) is 5.68. The Morgan fingerprint density at radius 3 is 2.32 bits per heavy atom. The van der Waals surface area contributed by atoms with E-state index in [0.29, 0.717) is 23.6 Å². The number of likely N-dealkylation sites (N-methyl/N-ethyl adjacent to an activating group) is 1. The third kappa shape index (κ3) is 5.97. The Labute approximate surface area is 286 Å². The average molecular weight is 699 g/mol. The summed E-state index contributed by atoms with van der Waals surface area (Å²) in [4.78, 5) is 58.8. The molecule has 3 aliphatic carbocycles. The zero-order valence-electron chi connectivity index (χ0n) is 27.4. The van der Waals surface area contributed by atoms with E-state index in [-0.39, 0.29) is 60.4 Å². The van der Waals surface area contributed by atoms with Crippen LogP contribution < -0.4 is 16.0 Å². The van der Waals surface area contributed by atoms with Gasteiger partial charge in [-0.25, -0.2) is 0 Å². The molecule has 4 aliphatic rings. The third-order valence-electron chi connectivity index (χ3n) is 9.70. The molecule has 0 saturated carbocycles. The number of aliphatic hydroxyl groups is 3. The van der Waals surface area contributed by atoms with Crippen LogP contribution in [0.5, 0.6) is 5.75 Å². The van der Waals surface area contributed by atoms with Gasteiger partial charge in [-0.1, -0.05) is 13.8 Å². The summed E-state index contributed by atoms with van der Waals surface area (Å²) >= 11 is 0. The average Bonchev–Trinajstić information content (AvgIpc) is 3.39. The molecule has 0 bridgehead atoms. The molecule has 15 heteroatoms. The molecule has 7 N–H and O–H groups in total. The molecule has 0 unspecified atom stereocenters. The Kier molecular flexibility index (Phi) is 11.0. The van der Waals surface area contributed by atoms with Crippen molar-refractivity contribution in [3.63, 3.8) is 0 Å². The van der Waals surface area contributed by atoms with Crippen molar-refractivity contribution in [2.45, 2.75) is 57.2 Å². The van der Waals surface area contributed by atoms with Crippen molar-refractivity contribution in [3.05, 3.63) is 39.9 Å². The van der Waals surface area contributed by atoms with Crippen LogP contribution in [-0.4, -0.2) is 113 Å². The number of primary amides is 1. The van der Waals surface area contributed by atoms with E-state index in [1.165, 1.54) is 4.90 Å². The Bertz CT molecular complexity index is 1560. The predicted molar refractivity (Wildman–Crippen MR) is 181 cm³/mol. The molecule has 5 atom stereocenters. The number of amides is 2. The van der Waals surface area contributed by atoms with Gasteiger partial charge in [0.1, 0.15) is 17.1 Å². The number of carbonyl (C=O) groups is 4. The van der Waals surface area contributed by atoms with Crippen LogP contribution in [0.1, 0.15) is 49.0 Å². The van der Waals surface area contributed by atoms with Crippen LogP contribution in [0.25, 0.3) is 0 Å². The Morgan fingerprint density at radius 1 is 1.13 bits per heavy atom. The van der Waals surface area contributed by atoms with E-state index in [0.717, 1.165) is 19.5 Å². The fourth-order valence-electron chi connectivity index (χ4n) is 7.82. The van der Waals surface area contributed by atoms with Crippen molar-refractivity contribution in [3.8, 4) is 5.75 Å². The maximum absolute atomic E-state index is 14.2. The third-order valence-corrected chi connectivity index (χ3v) is 9.70. The SMILES string of the molecule is CC(C)CN1CCC[C@H]1C(=O)Nc1cc(N(C)C)c2c(c1O)C(=O)C1=C(O)[C@]3(O)C(=O)C(C(N)=O)=C(O)[C@@H](N(C)C)[C@@H]3C[C@@H]1C2.Cl.Cl. The second-order valence-electron chi connectivity index (χ2n) is 13.5. The molecule has 0 spiro atoms. The highest BCUT2D eigenvalue weighted by molar-refractivity contribution is 6.25. The lowest BCUT2D eigenvalue weighted by atomic mass is 9.58. The van der Waals surface area contributed by atoms with E-state index in [2.05, 4.69) is 24.1 Å². The van der Waals surface area contributed by atoms with E-state index in [4.69, 9.17) is 5.73 Å². The summed E-state index contributed by atoms with van der Waals surface area (Å²) < 4.78 is 0. The first-order valence-electron chi connectivity index (χ1n) is 15.3. The van der Waals surface area contributed by atoms with Gasteiger partial charge in [0.15, 0.2) is 17.1 Å². The van der Waals surface area contributed by atoms with Gasteiger partial charge >= 0.3 is 0 Å². The zero-order valence-corrected chi connectivity index (χ0v) is 29.0. The lowest BCUT2D eigenvalue weighted by Gasteiger charge is -2.50. The van der Waals surface area contributed by atoms with Crippen molar-refractivity contribution in [2.24, 2.45) is 23.5 Å². The largest absolute Gasteiger partial charge is 0.510 e. The summed E-state index contributed by atoms with van der Waals surface area (Å²) in [5.74, 6) is -7.17. The summed E-state index contributed by atoms with van der Waals surface area (Å²) in [7, 11) is 6.70. The molecule has 1 heterocycles. The van der Waals surface area contributed by atoms with E-state index >= 15 is 0 Å². The maximum Gasteiger partial charge on any atom is 0.255 e. The van der Waals surface area contributed by atoms with Gasteiger partial charge in [-0.15, -0.1) is 24.8 Å². The number of aromatic hydroxyl groups is 1. The molecule has 0 aromatic heterocycles. The molecule has 13 nitrogen and oxygen atoms in total. The zero-order chi connectivity index (χ0) is 33.3. The molecular formula is C32H45Cl2N5O8. The number of phenolic OH excluding ortho intramolecular Hbond substituents is 1. The van der Waals surface area contributed by atoms with Crippen molar-refractivity contribution in [1.82, 2.24) is 9.80 Å². The second kappa shape index (κ2) is 13.6. The van der Waals surface area contributed by atoms with Gasteiger partial charge in [0, 0.05) is 37.8 Å². The first-order chi connectivity index (χ1) is 21.0. The molecule has 1 aliphatic heterocycles. The van der Waals surface area contributed by atoms with Crippen LogP contribution in [0, 0.1) is 17.8 Å². The predicted octanol–water partition coefficient (Wildman–Crippen LogP) is 2.09. The fraction of sp³-hybridized carbons (Fsp3) is 0.562. The quantitative estimate of drug-likeness (QED) is 0.180. The smallest absolute Gasteiger partial charge is 0.255 e.